The zero-order valence-electron chi connectivity index (χ0n) is 23.6. The molecule has 2 atom stereocenters. The lowest BCUT2D eigenvalue weighted by Gasteiger charge is -2.26. The minimum Gasteiger partial charge on any atom is -0.496 e. The molecule has 6 rings (SSSR count). The standard InChI is InChI=1S/C37H35N2O/c1-26-23-27(2)35(28(3)24-26)39-25-38(33-21-13-11-19-31(33)32-20-12-14-22-34(32)40-4)36(29-15-7-5-8-16-29)37(39)30-17-9-6-10-18-30/h5-25,36-37H,1-4H3/q+1/t36-,37-/m0/s1. The van der Waals surface area contributed by atoms with Gasteiger partial charge in [-0.05, 0) is 50.1 Å². The average Bonchev–Trinajstić information content (AvgIpc) is 3.37. The van der Waals surface area contributed by atoms with Crippen LogP contribution in [-0.2, 0) is 0 Å². The number of aryl methyl sites for hydroxylation is 3. The fourth-order valence-electron chi connectivity index (χ4n) is 6.35. The summed E-state index contributed by atoms with van der Waals surface area (Å²) in [5.41, 5.74) is 11.0. The molecule has 40 heavy (non-hydrogen) atoms. The first-order valence-corrected chi connectivity index (χ1v) is 13.9. The highest BCUT2D eigenvalue weighted by Crippen LogP contribution is 2.48. The molecule has 1 heterocycles. The van der Waals surface area contributed by atoms with Gasteiger partial charge < -0.3 is 4.74 Å². The summed E-state index contributed by atoms with van der Waals surface area (Å²) in [4.78, 5) is 2.47. The Morgan fingerprint density at radius 1 is 0.625 bits per heavy atom. The van der Waals surface area contributed by atoms with Crippen LogP contribution in [0, 0.1) is 20.8 Å². The molecule has 5 aromatic rings. The van der Waals surface area contributed by atoms with Crippen LogP contribution >= 0.6 is 0 Å². The van der Waals surface area contributed by atoms with Gasteiger partial charge in [0, 0.05) is 22.3 Å². The zero-order chi connectivity index (χ0) is 27.6. The van der Waals surface area contributed by atoms with Gasteiger partial charge in [0.15, 0.2) is 12.1 Å². The molecule has 0 radical (unpaired) electrons. The monoisotopic (exact) mass is 523 g/mol. The van der Waals surface area contributed by atoms with E-state index < -0.39 is 0 Å². The highest BCUT2D eigenvalue weighted by atomic mass is 16.5. The van der Waals surface area contributed by atoms with E-state index in [0.29, 0.717) is 0 Å². The molecule has 0 aromatic heterocycles. The van der Waals surface area contributed by atoms with E-state index in [1.54, 1.807) is 7.11 Å². The molecular weight excluding hydrogens is 488 g/mol. The summed E-state index contributed by atoms with van der Waals surface area (Å²) in [6.07, 6.45) is 2.33. The molecule has 0 bridgehead atoms. The van der Waals surface area contributed by atoms with Gasteiger partial charge in [-0.25, -0.2) is 9.48 Å². The molecule has 3 nitrogen and oxygen atoms in total. The molecule has 1 aliphatic heterocycles. The average molecular weight is 524 g/mol. The van der Waals surface area contributed by atoms with E-state index in [2.05, 4.69) is 146 Å². The first-order chi connectivity index (χ1) is 19.6. The highest BCUT2D eigenvalue weighted by Gasteiger charge is 2.47. The van der Waals surface area contributed by atoms with Crippen LogP contribution in [0.5, 0.6) is 5.75 Å². The van der Waals surface area contributed by atoms with Crippen LogP contribution in [0.15, 0.2) is 121 Å². The summed E-state index contributed by atoms with van der Waals surface area (Å²) in [5.74, 6) is 0.868. The molecule has 0 spiro atoms. The maximum absolute atomic E-state index is 5.81. The van der Waals surface area contributed by atoms with Gasteiger partial charge in [0.1, 0.15) is 17.1 Å². The molecule has 198 valence electrons. The third kappa shape index (κ3) is 4.58. The topological polar surface area (TPSA) is 15.5 Å². The van der Waals surface area contributed by atoms with E-state index in [1.807, 2.05) is 12.1 Å². The lowest BCUT2D eigenvalue weighted by Crippen LogP contribution is -2.26. The van der Waals surface area contributed by atoms with Crippen molar-refractivity contribution >= 4 is 17.7 Å². The molecule has 0 saturated heterocycles. The van der Waals surface area contributed by atoms with Crippen LogP contribution < -0.4 is 9.64 Å². The summed E-state index contributed by atoms with van der Waals surface area (Å²) >= 11 is 0. The van der Waals surface area contributed by atoms with Crippen LogP contribution in [0.4, 0.5) is 11.4 Å². The van der Waals surface area contributed by atoms with Crippen molar-refractivity contribution in [1.82, 2.24) is 0 Å². The van der Waals surface area contributed by atoms with Gasteiger partial charge in [0.2, 0.25) is 6.34 Å². The molecule has 0 N–H and O–H groups in total. The van der Waals surface area contributed by atoms with Gasteiger partial charge in [-0.15, -0.1) is 0 Å². The van der Waals surface area contributed by atoms with Gasteiger partial charge in [-0.3, -0.25) is 0 Å². The van der Waals surface area contributed by atoms with Crippen LogP contribution in [-0.4, -0.2) is 18.0 Å². The lowest BCUT2D eigenvalue weighted by atomic mass is 9.91. The fraction of sp³-hybridized carbons (Fsp3) is 0.162. The number of anilines is 1. The Bertz CT molecular complexity index is 1650. The maximum Gasteiger partial charge on any atom is 0.245 e. The Kier molecular flexibility index (Phi) is 6.96. The maximum atomic E-state index is 5.81. The number of methoxy groups -OCH3 is 1. The van der Waals surface area contributed by atoms with E-state index in [1.165, 1.54) is 33.5 Å². The second kappa shape index (κ2) is 10.9. The van der Waals surface area contributed by atoms with Crippen LogP contribution in [0.2, 0.25) is 0 Å². The number of hydrogen-bond acceptors (Lipinski definition) is 2. The Morgan fingerprint density at radius 3 is 1.82 bits per heavy atom. The predicted molar refractivity (Wildman–Crippen MR) is 166 cm³/mol. The van der Waals surface area contributed by atoms with Crippen molar-refractivity contribution in [3.05, 3.63) is 149 Å². The van der Waals surface area contributed by atoms with E-state index in [-0.39, 0.29) is 12.1 Å². The number of benzene rings is 5. The van der Waals surface area contributed by atoms with Gasteiger partial charge in [0.25, 0.3) is 0 Å². The first kappa shape index (κ1) is 25.6. The molecular formula is C37H35N2O+. The van der Waals surface area contributed by atoms with E-state index in [9.17, 15) is 0 Å². The molecule has 3 heteroatoms. The van der Waals surface area contributed by atoms with E-state index in [4.69, 9.17) is 4.74 Å². The van der Waals surface area contributed by atoms with Crippen molar-refractivity contribution in [3.63, 3.8) is 0 Å². The normalized spacial score (nSPS) is 16.6. The Hall–Kier alpha value is -4.63. The quantitative estimate of drug-likeness (QED) is 0.206. The zero-order valence-corrected chi connectivity index (χ0v) is 23.6. The summed E-state index contributed by atoms with van der Waals surface area (Å²) < 4.78 is 8.31. The number of nitrogens with zero attached hydrogens (tertiary/aromatic N) is 2. The highest BCUT2D eigenvalue weighted by molar-refractivity contribution is 5.91. The van der Waals surface area contributed by atoms with Crippen LogP contribution in [0.1, 0.15) is 39.9 Å². The number of ether oxygens (including phenoxy) is 1. The summed E-state index contributed by atoms with van der Waals surface area (Å²) in [6.45, 7) is 6.64. The second-order valence-corrected chi connectivity index (χ2v) is 10.6. The molecule has 1 aliphatic rings. The minimum absolute atomic E-state index is 0.0413. The van der Waals surface area contributed by atoms with Gasteiger partial charge in [-0.1, -0.05) is 109 Å². The lowest BCUT2D eigenvalue weighted by molar-refractivity contribution is -0.482. The molecule has 5 aromatic carbocycles. The number of para-hydroxylation sites is 2. The summed E-state index contributed by atoms with van der Waals surface area (Å²) in [7, 11) is 1.74. The molecule has 0 amide bonds. The van der Waals surface area contributed by atoms with Crippen molar-refractivity contribution in [1.29, 1.82) is 0 Å². The van der Waals surface area contributed by atoms with Gasteiger partial charge in [-0.2, -0.15) is 0 Å². The number of rotatable bonds is 6. The smallest absolute Gasteiger partial charge is 0.245 e. The van der Waals surface area contributed by atoms with E-state index >= 15 is 0 Å². The largest absolute Gasteiger partial charge is 0.496 e. The Labute approximate surface area is 237 Å². The van der Waals surface area contributed by atoms with Gasteiger partial charge in [0.05, 0.1) is 7.11 Å². The molecule has 0 fully saturated rings. The third-order valence-electron chi connectivity index (χ3n) is 7.90. The first-order valence-electron chi connectivity index (χ1n) is 13.9. The molecule has 0 unspecified atom stereocenters. The summed E-state index contributed by atoms with van der Waals surface area (Å²) in [5, 5.41) is 0. The molecule has 0 saturated carbocycles. The van der Waals surface area contributed by atoms with Crippen molar-refractivity contribution in [3.8, 4) is 16.9 Å². The second-order valence-electron chi connectivity index (χ2n) is 10.6. The van der Waals surface area contributed by atoms with Crippen molar-refractivity contribution in [2.24, 2.45) is 0 Å². The van der Waals surface area contributed by atoms with Crippen molar-refractivity contribution in [2.75, 3.05) is 12.0 Å². The Balaban J connectivity index is 1.64. The van der Waals surface area contributed by atoms with E-state index in [0.717, 1.165) is 22.6 Å². The van der Waals surface area contributed by atoms with Crippen LogP contribution in [0.3, 0.4) is 0 Å². The van der Waals surface area contributed by atoms with Crippen molar-refractivity contribution < 1.29 is 9.31 Å². The molecule has 0 aliphatic carbocycles. The summed E-state index contributed by atoms with van der Waals surface area (Å²) in [6, 6.07) is 43.5. The third-order valence-corrected chi connectivity index (χ3v) is 7.90. The SMILES string of the molecule is COc1ccccc1-c1ccccc1N1C=[N+](c2c(C)cc(C)cc2C)[C@@H](c2ccccc2)[C@@H]1c1ccccc1. The van der Waals surface area contributed by atoms with Crippen LogP contribution in [0.25, 0.3) is 11.1 Å². The predicted octanol–water partition coefficient (Wildman–Crippen LogP) is 8.96. The van der Waals surface area contributed by atoms with Crippen molar-refractivity contribution in [2.45, 2.75) is 32.9 Å². The van der Waals surface area contributed by atoms with Gasteiger partial charge >= 0.3 is 0 Å². The minimum atomic E-state index is 0.0413. The Morgan fingerprint density at radius 2 is 1.18 bits per heavy atom. The number of hydrogen-bond donors (Lipinski definition) is 0. The fourth-order valence-corrected chi connectivity index (χ4v) is 6.35.